The number of benzene rings is 2. The zero-order valence-corrected chi connectivity index (χ0v) is 23.4. The van der Waals surface area contributed by atoms with Gasteiger partial charge in [0, 0.05) is 5.56 Å². The van der Waals surface area contributed by atoms with Crippen molar-refractivity contribution in [2.75, 3.05) is 0 Å². The number of nitrogens with zero attached hydrogens (tertiary/aromatic N) is 2. The molecule has 200 valence electrons. The Labute approximate surface area is 226 Å². The molecule has 0 atom stereocenters. The fourth-order valence-electron chi connectivity index (χ4n) is 4.72. The highest BCUT2D eigenvalue weighted by molar-refractivity contribution is 5.55. The van der Waals surface area contributed by atoms with E-state index in [2.05, 4.69) is 72.3 Å². The largest absolute Gasteiger partial charge is 0.486 e. The molecule has 37 heavy (non-hydrogen) atoms. The van der Waals surface area contributed by atoms with Gasteiger partial charge in [0.2, 0.25) is 0 Å². The van der Waals surface area contributed by atoms with Gasteiger partial charge in [0.15, 0.2) is 11.6 Å². The third-order valence-electron chi connectivity index (χ3n) is 7.16. The Morgan fingerprint density at radius 2 is 0.946 bits per heavy atom. The quantitative estimate of drug-likeness (QED) is 0.154. The first-order chi connectivity index (χ1) is 18.3. The van der Waals surface area contributed by atoms with Gasteiger partial charge in [-0.25, -0.2) is 9.97 Å². The second-order valence-electron chi connectivity index (χ2n) is 10.4. The van der Waals surface area contributed by atoms with E-state index in [0.717, 1.165) is 17.8 Å². The number of ether oxygens (including phenoxy) is 1. The van der Waals surface area contributed by atoms with Crippen LogP contribution in [0.5, 0.6) is 5.75 Å². The lowest BCUT2D eigenvalue weighted by atomic mass is 10.0. The normalized spacial score (nSPS) is 11.1. The van der Waals surface area contributed by atoms with E-state index < -0.39 is 0 Å². The molecule has 3 nitrogen and oxygen atoms in total. The molecule has 3 aromatic rings. The molecule has 1 aromatic heterocycles. The second-order valence-corrected chi connectivity index (χ2v) is 10.4. The van der Waals surface area contributed by atoms with Gasteiger partial charge >= 0.3 is 0 Å². The average molecular weight is 501 g/mol. The summed E-state index contributed by atoms with van der Waals surface area (Å²) in [7, 11) is 0. The molecule has 0 saturated carbocycles. The van der Waals surface area contributed by atoms with E-state index in [1.54, 1.807) is 12.4 Å². The van der Waals surface area contributed by atoms with Crippen molar-refractivity contribution in [2.24, 2.45) is 0 Å². The van der Waals surface area contributed by atoms with Gasteiger partial charge < -0.3 is 4.74 Å². The number of rotatable bonds is 19. The van der Waals surface area contributed by atoms with Crippen molar-refractivity contribution in [1.82, 2.24) is 9.97 Å². The van der Waals surface area contributed by atoms with Gasteiger partial charge in [0.05, 0.1) is 12.4 Å². The average Bonchev–Trinajstić information content (AvgIpc) is 2.94. The van der Waals surface area contributed by atoms with Crippen LogP contribution in [0.4, 0.5) is 0 Å². The first kappa shape index (κ1) is 28.9. The van der Waals surface area contributed by atoms with E-state index in [9.17, 15) is 0 Å². The fraction of sp³-hybridized carbons (Fsp3) is 0.529. The molecular formula is C34H48N2O. The minimum atomic E-state index is 0.535. The van der Waals surface area contributed by atoms with Crippen molar-refractivity contribution in [3.8, 4) is 17.1 Å². The molecule has 0 radical (unpaired) electrons. The summed E-state index contributed by atoms with van der Waals surface area (Å²) < 4.78 is 5.93. The van der Waals surface area contributed by atoms with E-state index in [1.165, 1.54) is 107 Å². The summed E-state index contributed by atoms with van der Waals surface area (Å²) in [6.07, 6.45) is 23.4. The Kier molecular flexibility index (Phi) is 13.8. The summed E-state index contributed by atoms with van der Waals surface area (Å²) in [5.41, 5.74) is 5.04. The van der Waals surface area contributed by atoms with Crippen LogP contribution in [0.15, 0.2) is 60.9 Å². The first-order valence-electron chi connectivity index (χ1n) is 14.9. The molecule has 3 rings (SSSR count). The molecule has 0 aliphatic heterocycles. The predicted molar refractivity (Wildman–Crippen MR) is 157 cm³/mol. The molecule has 0 unspecified atom stereocenters. The number of aromatic nitrogens is 2. The Morgan fingerprint density at radius 1 is 0.514 bits per heavy atom. The smallest absolute Gasteiger partial charge is 0.159 e. The Balaban J connectivity index is 1.35. The standard InChI is InChI=1S/C34H48N2O/c1-3-5-7-9-10-11-13-15-17-30-22-24-32(25-23-30)34-35-26-33(27-36-34)37-28-31-20-18-29(19-21-31)16-14-12-8-6-4-2/h18-27H,3-17,28H2,1-2H3. The Hall–Kier alpha value is -2.68. The molecular weight excluding hydrogens is 452 g/mol. The van der Waals surface area contributed by atoms with Gasteiger partial charge in [0.1, 0.15) is 6.61 Å². The zero-order valence-electron chi connectivity index (χ0n) is 23.4. The highest BCUT2D eigenvalue weighted by Crippen LogP contribution is 2.20. The van der Waals surface area contributed by atoms with Crippen LogP contribution in [-0.2, 0) is 19.4 Å². The molecule has 3 heteroatoms. The highest BCUT2D eigenvalue weighted by atomic mass is 16.5. The van der Waals surface area contributed by atoms with E-state index in [0.29, 0.717) is 12.4 Å². The Morgan fingerprint density at radius 3 is 1.46 bits per heavy atom. The summed E-state index contributed by atoms with van der Waals surface area (Å²) in [5, 5.41) is 0. The lowest BCUT2D eigenvalue weighted by molar-refractivity contribution is 0.303. The lowest BCUT2D eigenvalue weighted by Crippen LogP contribution is -1.98. The maximum atomic E-state index is 5.93. The van der Waals surface area contributed by atoms with Crippen LogP contribution in [0.2, 0.25) is 0 Å². The van der Waals surface area contributed by atoms with Crippen molar-refractivity contribution < 1.29 is 4.74 Å². The van der Waals surface area contributed by atoms with Crippen LogP contribution >= 0.6 is 0 Å². The van der Waals surface area contributed by atoms with Gasteiger partial charge in [-0.15, -0.1) is 0 Å². The second kappa shape index (κ2) is 17.7. The summed E-state index contributed by atoms with van der Waals surface area (Å²) in [6, 6.07) is 17.5. The third-order valence-corrected chi connectivity index (χ3v) is 7.16. The number of hydrogen-bond acceptors (Lipinski definition) is 3. The number of unbranched alkanes of at least 4 members (excludes halogenated alkanes) is 11. The molecule has 0 spiro atoms. The summed E-state index contributed by atoms with van der Waals surface area (Å²) in [4.78, 5) is 9.08. The van der Waals surface area contributed by atoms with Crippen LogP contribution in [0.1, 0.15) is 114 Å². The van der Waals surface area contributed by atoms with E-state index in [4.69, 9.17) is 4.74 Å². The number of aryl methyl sites for hydroxylation is 2. The van der Waals surface area contributed by atoms with Crippen LogP contribution in [0.25, 0.3) is 11.4 Å². The van der Waals surface area contributed by atoms with Crippen LogP contribution in [-0.4, -0.2) is 9.97 Å². The topological polar surface area (TPSA) is 35.0 Å². The molecule has 0 bridgehead atoms. The molecule has 0 saturated heterocycles. The van der Waals surface area contributed by atoms with Crippen molar-refractivity contribution >= 4 is 0 Å². The van der Waals surface area contributed by atoms with Crippen molar-refractivity contribution in [1.29, 1.82) is 0 Å². The summed E-state index contributed by atoms with van der Waals surface area (Å²) >= 11 is 0. The summed E-state index contributed by atoms with van der Waals surface area (Å²) in [6.45, 7) is 5.07. The molecule has 0 N–H and O–H groups in total. The maximum Gasteiger partial charge on any atom is 0.159 e. The molecule has 0 aliphatic carbocycles. The van der Waals surface area contributed by atoms with Crippen molar-refractivity contribution in [2.45, 2.75) is 117 Å². The van der Waals surface area contributed by atoms with E-state index in [1.807, 2.05) is 0 Å². The van der Waals surface area contributed by atoms with E-state index >= 15 is 0 Å². The molecule has 0 aliphatic rings. The zero-order chi connectivity index (χ0) is 26.0. The first-order valence-corrected chi connectivity index (χ1v) is 14.9. The third kappa shape index (κ3) is 11.5. The van der Waals surface area contributed by atoms with Gasteiger partial charge in [-0.1, -0.05) is 133 Å². The van der Waals surface area contributed by atoms with Crippen LogP contribution in [0, 0.1) is 0 Å². The molecule has 2 aromatic carbocycles. The highest BCUT2D eigenvalue weighted by Gasteiger charge is 2.04. The van der Waals surface area contributed by atoms with Gasteiger partial charge in [-0.3, -0.25) is 0 Å². The molecule has 0 amide bonds. The predicted octanol–water partition coefficient (Wildman–Crippen LogP) is 9.92. The van der Waals surface area contributed by atoms with E-state index in [-0.39, 0.29) is 0 Å². The van der Waals surface area contributed by atoms with Crippen LogP contribution < -0.4 is 4.74 Å². The lowest BCUT2D eigenvalue weighted by Gasteiger charge is -2.08. The minimum absolute atomic E-state index is 0.535. The van der Waals surface area contributed by atoms with Crippen LogP contribution in [0.3, 0.4) is 0 Å². The van der Waals surface area contributed by atoms with Gasteiger partial charge in [-0.05, 0) is 42.4 Å². The summed E-state index contributed by atoms with van der Waals surface area (Å²) in [5.74, 6) is 1.45. The fourth-order valence-corrected chi connectivity index (χ4v) is 4.72. The SMILES string of the molecule is CCCCCCCCCCc1ccc(-c2ncc(OCc3ccc(CCCCCCC)cc3)cn2)cc1. The molecule has 0 fully saturated rings. The van der Waals surface area contributed by atoms with Crippen molar-refractivity contribution in [3.05, 3.63) is 77.6 Å². The Bertz CT molecular complexity index is 964. The van der Waals surface area contributed by atoms with Gasteiger partial charge in [-0.2, -0.15) is 0 Å². The minimum Gasteiger partial charge on any atom is -0.486 e. The van der Waals surface area contributed by atoms with Gasteiger partial charge in [0.25, 0.3) is 0 Å². The van der Waals surface area contributed by atoms with Crippen molar-refractivity contribution in [3.63, 3.8) is 0 Å². The monoisotopic (exact) mass is 500 g/mol. The number of hydrogen-bond donors (Lipinski definition) is 0. The molecule has 1 heterocycles. The maximum absolute atomic E-state index is 5.93.